The molecule has 10 nitrogen and oxygen atoms in total. The summed E-state index contributed by atoms with van der Waals surface area (Å²) in [6.45, 7) is 3.31. The number of carboxylic acids is 1. The van der Waals surface area contributed by atoms with E-state index in [0.29, 0.717) is 22.8 Å². The van der Waals surface area contributed by atoms with Crippen LogP contribution in [0.3, 0.4) is 0 Å². The summed E-state index contributed by atoms with van der Waals surface area (Å²) >= 11 is 0. The van der Waals surface area contributed by atoms with Gasteiger partial charge in [0.1, 0.15) is 12.3 Å². The standard InChI is InChI=1S/C31H29F3N4O6/c1-18(2)28-36-29(44-37-28)20-6-4-19(5-7-20)16-38(17-27(40)41)30(42)21-8-11-23(12-9-21)35-26(39)14-22-10-13-24(43-3)15-25(22)31(32,33)34/h4-13,15,18H,14,16-17H2,1-3H3,(H,35,39)(H,40,41). The van der Waals surface area contributed by atoms with Crippen molar-refractivity contribution in [3.63, 3.8) is 0 Å². The molecule has 0 aliphatic carbocycles. The lowest BCUT2D eigenvalue weighted by atomic mass is 10.0. The van der Waals surface area contributed by atoms with Crippen molar-refractivity contribution in [2.24, 2.45) is 0 Å². The average molecular weight is 611 g/mol. The van der Waals surface area contributed by atoms with E-state index in [4.69, 9.17) is 9.26 Å². The van der Waals surface area contributed by atoms with Crippen LogP contribution in [-0.2, 0) is 28.7 Å². The van der Waals surface area contributed by atoms with E-state index in [2.05, 4.69) is 15.5 Å². The van der Waals surface area contributed by atoms with E-state index in [1.807, 2.05) is 13.8 Å². The predicted molar refractivity (Wildman–Crippen MR) is 153 cm³/mol. The number of rotatable bonds is 11. The van der Waals surface area contributed by atoms with Gasteiger partial charge in [0.05, 0.1) is 19.1 Å². The number of ether oxygens (including phenoxy) is 1. The van der Waals surface area contributed by atoms with Crippen LogP contribution in [0.1, 0.15) is 52.6 Å². The van der Waals surface area contributed by atoms with E-state index in [1.165, 1.54) is 43.5 Å². The lowest BCUT2D eigenvalue weighted by Gasteiger charge is -2.21. The fraction of sp³-hybridized carbons (Fsp3) is 0.258. The molecule has 44 heavy (non-hydrogen) atoms. The number of hydrogen-bond acceptors (Lipinski definition) is 7. The van der Waals surface area contributed by atoms with Gasteiger partial charge in [-0.05, 0) is 59.7 Å². The summed E-state index contributed by atoms with van der Waals surface area (Å²) < 4.78 is 50.6. The van der Waals surface area contributed by atoms with Crippen molar-refractivity contribution in [2.45, 2.75) is 38.9 Å². The van der Waals surface area contributed by atoms with Gasteiger partial charge in [-0.3, -0.25) is 14.4 Å². The monoisotopic (exact) mass is 610 g/mol. The largest absolute Gasteiger partial charge is 0.497 e. The van der Waals surface area contributed by atoms with Crippen molar-refractivity contribution in [3.05, 3.63) is 94.8 Å². The molecule has 2 amide bonds. The Morgan fingerprint density at radius 3 is 2.27 bits per heavy atom. The summed E-state index contributed by atoms with van der Waals surface area (Å²) in [5.41, 5.74) is 0.530. The second kappa shape index (κ2) is 13.4. The highest BCUT2D eigenvalue weighted by Gasteiger charge is 2.34. The molecule has 4 rings (SSSR count). The summed E-state index contributed by atoms with van der Waals surface area (Å²) in [6.07, 6.45) is -5.22. The number of nitrogens with one attached hydrogen (secondary N) is 1. The number of alkyl halides is 3. The van der Waals surface area contributed by atoms with Crippen molar-refractivity contribution in [1.82, 2.24) is 15.0 Å². The topological polar surface area (TPSA) is 135 Å². The van der Waals surface area contributed by atoms with Crippen molar-refractivity contribution in [2.75, 3.05) is 19.0 Å². The highest BCUT2D eigenvalue weighted by atomic mass is 19.4. The number of anilines is 1. The van der Waals surface area contributed by atoms with E-state index >= 15 is 0 Å². The Hall–Kier alpha value is -5.20. The van der Waals surface area contributed by atoms with Gasteiger partial charge in [-0.2, -0.15) is 18.2 Å². The van der Waals surface area contributed by atoms with Crippen LogP contribution in [0.4, 0.5) is 18.9 Å². The lowest BCUT2D eigenvalue weighted by Crippen LogP contribution is -2.35. The highest BCUT2D eigenvalue weighted by molar-refractivity contribution is 5.97. The minimum Gasteiger partial charge on any atom is -0.497 e. The number of hydrogen-bond donors (Lipinski definition) is 2. The van der Waals surface area contributed by atoms with Crippen LogP contribution < -0.4 is 10.1 Å². The smallest absolute Gasteiger partial charge is 0.416 e. The lowest BCUT2D eigenvalue weighted by molar-refractivity contribution is -0.139. The van der Waals surface area contributed by atoms with Gasteiger partial charge < -0.3 is 24.6 Å². The number of methoxy groups -OCH3 is 1. The first-order valence-electron chi connectivity index (χ1n) is 13.4. The Kier molecular flexibility index (Phi) is 9.67. The van der Waals surface area contributed by atoms with Gasteiger partial charge in [0.15, 0.2) is 5.82 Å². The Morgan fingerprint density at radius 2 is 1.70 bits per heavy atom. The van der Waals surface area contributed by atoms with Crippen LogP contribution >= 0.6 is 0 Å². The first-order valence-corrected chi connectivity index (χ1v) is 13.4. The average Bonchev–Trinajstić information content (AvgIpc) is 3.48. The molecule has 0 spiro atoms. The summed E-state index contributed by atoms with van der Waals surface area (Å²) in [6, 6.07) is 15.9. The molecule has 230 valence electrons. The molecule has 1 heterocycles. The fourth-order valence-corrected chi connectivity index (χ4v) is 4.28. The third kappa shape index (κ3) is 8.00. The van der Waals surface area contributed by atoms with Crippen molar-refractivity contribution >= 4 is 23.5 Å². The minimum atomic E-state index is -4.68. The van der Waals surface area contributed by atoms with Crippen LogP contribution in [0.25, 0.3) is 11.5 Å². The zero-order valence-electron chi connectivity index (χ0n) is 24.0. The molecule has 2 N–H and O–H groups in total. The van der Waals surface area contributed by atoms with Crippen LogP contribution in [0.15, 0.2) is 71.3 Å². The first-order chi connectivity index (χ1) is 20.8. The number of aromatic nitrogens is 2. The Bertz CT molecular complexity index is 1630. The maximum Gasteiger partial charge on any atom is 0.416 e. The van der Waals surface area contributed by atoms with E-state index in [9.17, 15) is 32.7 Å². The van der Waals surface area contributed by atoms with Crippen molar-refractivity contribution in [1.29, 1.82) is 0 Å². The maximum atomic E-state index is 13.5. The zero-order chi connectivity index (χ0) is 32.0. The third-order valence-corrected chi connectivity index (χ3v) is 6.53. The second-order valence-electron chi connectivity index (χ2n) is 10.2. The normalized spacial score (nSPS) is 11.3. The van der Waals surface area contributed by atoms with Crippen LogP contribution in [0.5, 0.6) is 5.75 Å². The molecule has 0 saturated heterocycles. The number of aliphatic carboxylic acids is 1. The van der Waals surface area contributed by atoms with Gasteiger partial charge in [0, 0.05) is 29.3 Å². The molecule has 0 unspecified atom stereocenters. The molecular formula is C31H29F3N4O6. The number of benzene rings is 3. The number of carbonyl (C=O) groups is 3. The molecule has 13 heteroatoms. The van der Waals surface area contributed by atoms with Gasteiger partial charge in [-0.15, -0.1) is 0 Å². The molecule has 0 atom stereocenters. The summed E-state index contributed by atoms with van der Waals surface area (Å²) in [7, 11) is 1.25. The van der Waals surface area contributed by atoms with E-state index < -0.39 is 42.5 Å². The molecule has 0 aliphatic heterocycles. The Labute approximate surface area is 250 Å². The summed E-state index contributed by atoms with van der Waals surface area (Å²) in [4.78, 5) is 42.8. The molecule has 4 aromatic rings. The van der Waals surface area contributed by atoms with Crippen molar-refractivity contribution < 1.29 is 41.9 Å². The molecule has 3 aromatic carbocycles. The van der Waals surface area contributed by atoms with Gasteiger partial charge in [0.2, 0.25) is 5.91 Å². The molecule has 0 radical (unpaired) electrons. The minimum absolute atomic E-state index is 0.00558. The molecule has 0 fully saturated rings. The van der Waals surface area contributed by atoms with Crippen LogP contribution in [-0.4, -0.2) is 51.6 Å². The summed E-state index contributed by atoms with van der Waals surface area (Å²) in [5.74, 6) is -1.45. The first kappa shape index (κ1) is 31.7. The van der Waals surface area contributed by atoms with Crippen LogP contribution in [0.2, 0.25) is 0 Å². The second-order valence-corrected chi connectivity index (χ2v) is 10.2. The molecular weight excluding hydrogens is 581 g/mol. The predicted octanol–water partition coefficient (Wildman–Crippen LogP) is 5.80. The van der Waals surface area contributed by atoms with Crippen molar-refractivity contribution in [3.8, 4) is 17.2 Å². The quantitative estimate of drug-likeness (QED) is 0.218. The molecule has 0 bridgehead atoms. The summed E-state index contributed by atoms with van der Waals surface area (Å²) in [5, 5.41) is 15.9. The highest BCUT2D eigenvalue weighted by Crippen LogP contribution is 2.35. The fourth-order valence-electron chi connectivity index (χ4n) is 4.28. The molecule has 1 aromatic heterocycles. The number of amides is 2. The number of halogens is 3. The van der Waals surface area contributed by atoms with Gasteiger partial charge in [-0.25, -0.2) is 0 Å². The third-order valence-electron chi connectivity index (χ3n) is 6.53. The zero-order valence-corrected chi connectivity index (χ0v) is 24.0. The number of nitrogens with zero attached hydrogens (tertiary/aromatic N) is 3. The van der Waals surface area contributed by atoms with E-state index in [0.717, 1.165) is 11.0 Å². The molecule has 0 saturated carbocycles. The van der Waals surface area contributed by atoms with E-state index in [1.54, 1.807) is 24.3 Å². The van der Waals surface area contributed by atoms with E-state index in [-0.39, 0.29) is 35.0 Å². The number of carbonyl (C=O) groups excluding carboxylic acids is 2. The Morgan fingerprint density at radius 1 is 1.02 bits per heavy atom. The number of carboxylic acid groups (broad SMARTS) is 1. The molecule has 0 aliphatic rings. The van der Waals surface area contributed by atoms with Gasteiger partial charge in [0.25, 0.3) is 11.8 Å². The van der Waals surface area contributed by atoms with Crippen LogP contribution in [0, 0.1) is 0 Å². The SMILES string of the molecule is COc1ccc(CC(=O)Nc2ccc(C(=O)N(CC(=O)O)Cc3ccc(-c4nc(C(C)C)no4)cc3)cc2)c(C(F)(F)F)c1. The maximum absolute atomic E-state index is 13.5. The van der Waals surface area contributed by atoms with Gasteiger partial charge in [-0.1, -0.05) is 37.2 Å². The van der Waals surface area contributed by atoms with Gasteiger partial charge >= 0.3 is 12.1 Å². The Balaban J connectivity index is 1.43.